The summed E-state index contributed by atoms with van der Waals surface area (Å²) in [6, 6.07) is 2.59. The molecule has 2 rings (SSSR count). The molecule has 4 heteroatoms. The molecule has 0 aliphatic heterocycles. The number of rotatable bonds is 6. The minimum absolute atomic E-state index is 0.389. The van der Waals surface area contributed by atoms with Crippen molar-refractivity contribution < 1.29 is 0 Å². The van der Waals surface area contributed by atoms with Crippen molar-refractivity contribution in [3.63, 3.8) is 0 Å². The van der Waals surface area contributed by atoms with Gasteiger partial charge >= 0.3 is 0 Å². The molecule has 0 amide bonds. The maximum Gasteiger partial charge on any atom is 0.0624 e. The van der Waals surface area contributed by atoms with Gasteiger partial charge in [-0.1, -0.05) is 26.2 Å². The molecule has 3 N–H and O–H groups in total. The second-order valence-electron chi connectivity index (χ2n) is 5.20. The van der Waals surface area contributed by atoms with Crippen molar-refractivity contribution in [3.05, 3.63) is 17.5 Å². The lowest BCUT2D eigenvalue weighted by Gasteiger charge is -2.29. The van der Waals surface area contributed by atoms with Crippen LogP contribution in [0.1, 0.15) is 44.0 Å². The molecule has 4 nitrogen and oxygen atoms in total. The molecule has 17 heavy (non-hydrogen) atoms. The Bertz CT molecular complexity index is 354. The number of nitrogens with two attached hydrogens (primary N) is 1. The average Bonchev–Trinajstić information content (AvgIpc) is 2.62. The molecule has 0 bridgehead atoms. The van der Waals surface area contributed by atoms with E-state index >= 15 is 0 Å². The molecule has 0 aromatic carbocycles. The zero-order valence-corrected chi connectivity index (χ0v) is 10.9. The third kappa shape index (κ3) is 3.07. The van der Waals surface area contributed by atoms with Crippen LogP contribution in [0.2, 0.25) is 0 Å². The van der Waals surface area contributed by atoms with Crippen LogP contribution >= 0.6 is 0 Å². The average molecular weight is 236 g/mol. The fourth-order valence-corrected chi connectivity index (χ4v) is 2.53. The Morgan fingerprint density at radius 2 is 2.35 bits per heavy atom. The monoisotopic (exact) mass is 236 g/mol. The maximum absolute atomic E-state index is 5.66. The Balaban J connectivity index is 1.93. The van der Waals surface area contributed by atoms with Crippen LogP contribution < -0.4 is 11.3 Å². The van der Waals surface area contributed by atoms with E-state index in [-0.39, 0.29) is 0 Å². The number of nitrogens with zero attached hydrogens (tertiary/aromatic N) is 2. The normalized spacial score (nSPS) is 18.1. The van der Waals surface area contributed by atoms with E-state index < -0.39 is 0 Å². The van der Waals surface area contributed by atoms with Crippen LogP contribution in [0.25, 0.3) is 0 Å². The quantitative estimate of drug-likeness (QED) is 0.582. The third-order valence-corrected chi connectivity index (χ3v) is 3.92. The van der Waals surface area contributed by atoms with E-state index in [0.717, 1.165) is 18.8 Å². The summed E-state index contributed by atoms with van der Waals surface area (Å²) in [6.45, 7) is 2.14. The predicted octanol–water partition coefficient (Wildman–Crippen LogP) is 1.55. The van der Waals surface area contributed by atoms with Gasteiger partial charge in [-0.3, -0.25) is 16.0 Å². The van der Waals surface area contributed by atoms with Crippen molar-refractivity contribution in [3.8, 4) is 0 Å². The molecule has 0 radical (unpaired) electrons. The molecule has 1 aromatic rings. The molecule has 0 spiro atoms. The molecule has 1 aliphatic rings. The zero-order chi connectivity index (χ0) is 12.3. The van der Waals surface area contributed by atoms with Crippen LogP contribution in [0.5, 0.6) is 0 Å². The molecule has 1 aliphatic carbocycles. The maximum atomic E-state index is 5.66. The van der Waals surface area contributed by atoms with Gasteiger partial charge in [-0.15, -0.1) is 0 Å². The number of hydrogen-bond acceptors (Lipinski definition) is 3. The van der Waals surface area contributed by atoms with E-state index in [1.165, 1.54) is 37.1 Å². The Morgan fingerprint density at radius 1 is 1.59 bits per heavy atom. The fourth-order valence-electron chi connectivity index (χ4n) is 2.53. The van der Waals surface area contributed by atoms with Crippen LogP contribution in [0, 0.1) is 5.92 Å². The summed E-state index contributed by atoms with van der Waals surface area (Å²) in [7, 11) is 2.02. The van der Waals surface area contributed by atoms with E-state index in [9.17, 15) is 0 Å². The van der Waals surface area contributed by atoms with Crippen LogP contribution in [0.15, 0.2) is 6.07 Å². The van der Waals surface area contributed by atoms with Gasteiger partial charge in [0.1, 0.15) is 0 Å². The van der Waals surface area contributed by atoms with E-state index in [1.807, 2.05) is 11.7 Å². The van der Waals surface area contributed by atoms with Crippen LogP contribution in [0.3, 0.4) is 0 Å². The first-order valence-corrected chi connectivity index (χ1v) is 6.70. The highest BCUT2D eigenvalue weighted by molar-refractivity contribution is 5.11. The molecule has 0 saturated heterocycles. The second-order valence-corrected chi connectivity index (χ2v) is 5.20. The van der Waals surface area contributed by atoms with Gasteiger partial charge in [0.2, 0.25) is 0 Å². The van der Waals surface area contributed by atoms with Gasteiger partial charge in [-0.05, 0) is 24.8 Å². The minimum atomic E-state index is 0.389. The number of aromatic nitrogens is 2. The molecule has 1 aromatic heterocycles. The van der Waals surface area contributed by atoms with Crippen molar-refractivity contribution in [2.24, 2.45) is 18.8 Å². The number of hydrazine groups is 1. The van der Waals surface area contributed by atoms with Crippen LogP contribution in [0.4, 0.5) is 0 Å². The summed E-state index contributed by atoms with van der Waals surface area (Å²) >= 11 is 0. The lowest BCUT2D eigenvalue weighted by Crippen LogP contribution is -2.39. The van der Waals surface area contributed by atoms with Crippen molar-refractivity contribution in [1.82, 2.24) is 15.2 Å². The highest BCUT2D eigenvalue weighted by Gasteiger charge is 2.22. The summed E-state index contributed by atoms with van der Waals surface area (Å²) in [5.74, 6) is 6.54. The first-order valence-electron chi connectivity index (χ1n) is 6.70. The Labute approximate surface area is 104 Å². The Hall–Kier alpha value is -0.870. The van der Waals surface area contributed by atoms with Crippen LogP contribution in [-0.2, 0) is 19.9 Å². The molecule has 1 heterocycles. The van der Waals surface area contributed by atoms with Crippen molar-refractivity contribution in [2.75, 3.05) is 0 Å². The molecule has 1 atom stereocenters. The molecule has 1 unspecified atom stereocenters. The largest absolute Gasteiger partial charge is 0.272 e. The highest BCUT2D eigenvalue weighted by Crippen LogP contribution is 2.30. The summed E-state index contributed by atoms with van der Waals surface area (Å²) in [5, 5.41) is 4.48. The first kappa shape index (κ1) is 12.6. The lowest BCUT2D eigenvalue weighted by molar-refractivity contribution is 0.258. The van der Waals surface area contributed by atoms with E-state index in [2.05, 4.69) is 23.5 Å². The third-order valence-electron chi connectivity index (χ3n) is 3.92. The smallest absolute Gasteiger partial charge is 0.0624 e. The fraction of sp³-hybridized carbons (Fsp3) is 0.769. The molecule has 1 saturated carbocycles. The standard InChI is InChI=1S/C13H24N4/c1-3-11-8-13(17(2)16-11)9-12(15-14)7-10-5-4-6-10/h8,10,12,15H,3-7,9,14H2,1-2H3. The Kier molecular flexibility index (Phi) is 4.18. The van der Waals surface area contributed by atoms with Gasteiger partial charge in [-0.2, -0.15) is 5.10 Å². The van der Waals surface area contributed by atoms with E-state index in [0.29, 0.717) is 6.04 Å². The second kappa shape index (κ2) is 5.65. The van der Waals surface area contributed by atoms with Gasteiger partial charge in [0.05, 0.1) is 5.69 Å². The summed E-state index contributed by atoms with van der Waals surface area (Å²) in [4.78, 5) is 0. The van der Waals surface area contributed by atoms with Crippen molar-refractivity contribution in [2.45, 2.75) is 51.5 Å². The van der Waals surface area contributed by atoms with Gasteiger partial charge in [-0.25, -0.2) is 0 Å². The first-order chi connectivity index (χ1) is 8.22. The summed E-state index contributed by atoms with van der Waals surface area (Å²) in [5.41, 5.74) is 5.41. The predicted molar refractivity (Wildman–Crippen MR) is 69.4 cm³/mol. The van der Waals surface area contributed by atoms with Crippen LogP contribution in [-0.4, -0.2) is 15.8 Å². The van der Waals surface area contributed by atoms with Crippen molar-refractivity contribution >= 4 is 0 Å². The number of hydrogen-bond donors (Lipinski definition) is 2. The molecule has 1 fully saturated rings. The SMILES string of the molecule is CCc1cc(CC(CC2CCC2)NN)n(C)n1. The summed E-state index contributed by atoms with van der Waals surface area (Å²) in [6.07, 6.45) is 7.33. The lowest BCUT2D eigenvalue weighted by atomic mass is 9.80. The topological polar surface area (TPSA) is 55.9 Å². The summed E-state index contributed by atoms with van der Waals surface area (Å²) < 4.78 is 1.99. The molecular weight excluding hydrogens is 212 g/mol. The number of nitrogens with one attached hydrogen (secondary N) is 1. The minimum Gasteiger partial charge on any atom is -0.272 e. The van der Waals surface area contributed by atoms with Gasteiger partial charge < -0.3 is 0 Å². The molecular formula is C13H24N4. The highest BCUT2D eigenvalue weighted by atomic mass is 15.3. The van der Waals surface area contributed by atoms with Crippen molar-refractivity contribution in [1.29, 1.82) is 0 Å². The van der Waals surface area contributed by atoms with Gasteiger partial charge in [0, 0.05) is 25.2 Å². The van der Waals surface area contributed by atoms with Gasteiger partial charge in [0.25, 0.3) is 0 Å². The zero-order valence-electron chi connectivity index (χ0n) is 10.9. The Morgan fingerprint density at radius 3 is 2.82 bits per heavy atom. The van der Waals surface area contributed by atoms with E-state index in [4.69, 9.17) is 5.84 Å². The molecule has 96 valence electrons. The number of aryl methyl sites for hydroxylation is 2. The van der Waals surface area contributed by atoms with E-state index in [1.54, 1.807) is 0 Å². The van der Waals surface area contributed by atoms with Gasteiger partial charge in [0.15, 0.2) is 0 Å².